The highest BCUT2D eigenvalue weighted by Gasteiger charge is 2.27. The molecule has 0 aliphatic carbocycles. The van der Waals surface area contributed by atoms with Crippen LogP contribution in [0.1, 0.15) is 31.0 Å². The monoisotopic (exact) mass is 266 g/mol. The average molecular weight is 266 g/mol. The van der Waals surface area contributed by atoms with Crippen molar-refractivity contribution >= 4 is 0 Å². The Labute approximate surface area is 115 Å². The van der Waals surface area contributed by atoms with Crippen LogP contribution in [0.4, 0.5) is 0 Å². The molecule has 2 heterocycles. The maximum Gasteiger partial charge on any atom is 0.216 e. The Kier molecular flexibility index (Phi) is 4.47. The number of methoxy groups -OCH3 is 1. The molecule has 0 bridgehead atoms. The van der Waals surface area contributed by atoms with Crippen LogP contribution in [-0.4, -0.2) is 40.9 Å². The Hall–Kier alpha value is -1.07. The van der Waals surface area contributed by atoms with Gasteiger partial charge in [0.05, 0.1) is 18.4 Å². The topological polar surface area (TPSA) is 56.3 Å². The summed E-state index contributed by atoms with van der Waals surface area (Å²) in [5.41, 5.74) is 8.43. The lowest BCUT2D eigenvalue weighted by Gasteiger charge is -2.36. The first kappa shape index (κ1) is 14.3. The average Bonchev–Trinajstić information content (AvgIpc) is 2.66. The van der Waals surface area contributed by atoms with E-state index in [9.17, 15) is 0 Å². The van der Waals surface area contributed by atoms with E-state index in [1.54, 1.807) is 7.11 Å². The Morgan fingerprint density at radius 1 is 1.47 bits per heavy atom. The highest BCUT2D eigenvalue weighted by atomic mass is 16.5. The number of piperidine rings is 1. The van der Waals surface area contributed by atoms with E-state index in [1.807, 2.05) is 18.7 Å². The maximum absolute atomic E-state index is 6.17. The summed E-state index contributed by atoms with van der Waals surface area (Å²) in [6.07, 6.45) is 2.24. The van der Waals surface area contributed by atoms with Crippen molar-refractivity contribution in [2.75, 3.05) is 20.2 Å². The van der Waals surface area contributed by atoms with Gasteiger partial charge in [0.1, 0.15) is 0 Å². The fraction of sp³-hybridized carbons (Fsp3) is 0.786. The van der Waals surface area contributed by atoms with E-state index in [4.69, 9.17) is 10.5 Å². The van der Waals surface area contributed by atoms with Crippen molar-refractivity contribution in [2.24, 2.45) is 18.7 Å². The van der Waals surface area contributed by atoms with E-state index in [0.29, 0.717) is 12.0 Å². The summed E-state index contributed by atoms with van der Waals surface area (Å²) in [7, 11) is 3.64. The van der Waals surface area contributed by atoms with Crippen molar-refractivity contribution in [3.8, 4) is 5.88 Å². The predicted molar refractivity (Wildman–Crippen MR) is 76.1 cm³/mol. The lowest BCUT2D eigenvalue weighted by molar-refractivity contribution is 0.144. The SMILES string of the molecule is CCC1CN(Cc2c(C)nn(C)c2OC)CCC1N. The second kappa shape index (κ2) is 5.92. The largest absolute Gasteiger partial charge is 0.481 e. The molecule has 2 unspecified atom stereocenters. The van der Waals surface area contributed by atoms with Crippen LogP contribution in [0.5, 0.6) is 5.88 Å². The van der Waals surface area contributed by atoms with Crippen LogP contribution in [0, 0.1) is 12.8 Å². The van der Waals surface area contributed by atoms with Crippen molar-refractivity contribution in [3.63, 3.8) is 0 Å². The van der Waals surface area contributed by atoms with Gasteiger partial charge in [-0.25, -0.2) is 4.68 Å². The molecule has 108 valence electrons. The van der Waals surface area contributed by atoms with Crippen LogP contribution in [0.25, 0.3) is 0 Å². The number of likely N-dealkylation sites (tertiary alicyclic amines) is 1. The molecule has 1 aliphatic rings. The summed E-state index contributed by atoms with van der Waals surface area (Å²) >= 11 is 0. The molecule has 5 nitrogen and oxygen atoms in total. The first-order chi connectivity index (χ1) is 9.06. The van der Waals surface area contributed by atoms with Gasteiger partial charge in [0.2, 0.25) is 5.88 Å². The number of hydrogen-bond donors (Lipinski definition) is 1. The Morgan fingerprint density at radius 2 is 2.21 bits per heavy atom. The smallest absolute Gasteiger partial charge is 0.216 e. The van der Waals surface area contributed by atoms with E-state index < -0.39 is 0 Å². The van der Waals surface area contributed by atoms with Gasteiger partial charge >= 0.3 is 0 Å². The number of aromatic nitrogens is 2. The van der Waals surface area contributed by atoms with Crippen molar-refractivity contribution < 1.29 is 4.74 Å². The van der Waals surface area contributed by atoms with Gasteiger partial charge in [-0.05, 0) is 25.8 Å². The van der Waals surface area contributed by atoms with Gasteiger partial charge in [0.15, 0.2) is 0 Å². The first-order valence-corrected chi connectivity index (χ1v) is 7.11. The van der Waals surface area contributed by atoms with Gasteiger partial charge < -0.3 is 10.5 Å². The number of hydrogen-bond acceptors (Lipinski definition) is 4. The fourth-order valence-electron chi connectivity index (χ4n) is 3.04. The van der Waals surface area contributed by atoms with Gasteiger partial charge in [-0.2, -0.15) is 5.10 Å². The van der Waals surface area contributed by atoms with Crippen LogP contribution < -0.4 is 10.5 Å². The quantitative estimate of drug-likeness (QED) is 0.892. The molecule has 1 aromatic heterocycles. The predicted octanol–water partition coefficient (Wildman–Crippen LogP) is 1.30. The lowest BCUT2D eigenvalue weighted by Crippen LogP contribution is -2.46. The number of rotatable bonds is 4. The summed E-state index contributed by atoms with van der Waals surface area (Å²) in [6.45, 7) is 7.32. The molecule has 2 N–H and O–H groups in total. The molecule has 2 atom stereocenters. The Morgan fingerprint density at radius 3 is 2.84 bits per heavy atom. The molecule has 5 heteroatoms. The Bertz CT molecular complexity index is 429. The zero-order valence-electron chi connectivity index (χ0n) is 12.5. The van der Waals surface area contributed by atoms with Crippen molar-refractivity contribution in [2.45, 2.75) is 39.3 Å². The highest BCUT2D eigenvalue weighted by Crippen LogP contribution is 2.26. The molecule has 0 radical (unpaired) electrons. The van der Waals surface area contributed by atoms with Gasteiger partial charge in [-0.3, -0.25) is 4.90 Å². The van der Waals surface area contributed by atoms with Crippen molar-refractivity contribution in [3.05, 3.63) is 11.3 Å². The third-order valence-corrected chi connectivity index (χ3v) is 4.27. The van der Waals surface area contributed by atoms with Gasteiger partial charge in [0.25, 0.3) is 0 Å². The normalized spacial score (nSPS) is 24.7. The fourth-order valence-corrected chi connectivity index (χ4v) is 3.04. The van der Waals surface area contributed by atoms with Gasteiger partial charge in [0, 0.05) is 26.2 Å². The summed E-state index contributed by atoms with van der Waals surface area (Å²) in [5, 5.41) is 4.44. The number of aryl methyl sites for hydroxylation is 2. The molecular formula is C14H26N4O. The molecule has 1 saturated heterocycles. The van der Waals surface area contributed by atoms with E-state index in [2.05, 4.69) is 16.9 Å². The summed E-state index contributed by atoms with van der Waals surface area (Å²) in [4.78, 5) is 2.48. The lowest BCUT2D eigenvalue weighted by atomic mass is 9.90. The van der Waals surface area contributed by atoms with Crippen LogP contribution in [0.15, 0.2) is 0 Å². The molecule has 19 heavy (non-hydrogen) atoms. The van der Waals surface area contributed by atoms with Crippen molar-refractivity contribution in [1.29, 1.82) is 0 Å². The highest BCUT2D eigenvalue weighted by molar-refractivity contribution is 5.30. The molecule has 1 aromatic rings. The van der Waals surface area contributed by atoms with Crippen LogP contribution in [-0.2, 0) is 13.6 Å². The molecule has 0 amide bonds. The minimum absolute atomic E-state index is 0.359. The zero-order valence-corrected chi connectivity index (χ0v) is 12.5. The maximum atomic E-state index is 6.17. The number of nitrogens with two attached hydrogens (primary N) is 1. The second-order valence-corrected chi connectivity index (χ2v) is 5.55. The summed E-state index contributed by atoms with van der Waals surface area (Å²) in [6, 6.07) is 0.359. The molecule has 1 aliphatic heterocycles. The molecular weight excluding hydrogens is 240 g/mol. The minimum Gasteiger partial charge on any atom is -0.481 e. The van der Waals surface area contributed by atoms with Crippen LogP contribution >= 0.6 is 0 Å². The van der Waals surface area contributed by atoms with E-state index in [-0.39, 0.29) is 0 Å². The molecule has 2 rings (SSSR count). The summed E-state index contributed by atoms with van der Waals surface area (Å²) < 4.78 is 7.28. The van der Waals surface area contributed by atoms with Crippen LogP contribution in [0.3, 0.4) is 0 Å². The molecule has 1 fully saturated rings. The number of ether oxygens (including phenoxy) is 1. The standard InChI is InChI=1S/C14H26N4O/c1-5-11-8-18(7-6-13(11)15)9-12-10(2)16-17(3)14(12)19-4/h11,13H,5-9,15H2,1-4H3. The summed E-state index contributed by atoms with van der Waals surface area (Å²) in [5.74, 6) is 1.48. The third-order valence-electron chi connectivity index (χ3n) is 4.27. The second-order valence-electron chi connectivity index (χ2n) is 5.55. The molecule has 0 spiro atoms. The van der Waals surface area contributed by atoms with Crippen molar-refractivity contribution in [1.82, 2.24) is 14.7 Å². The Balaban J connectivity index is 2.09. The molecule has 0 aromatic carbocycles. The third kappa shape index (κ3) is 2.92. The first-order valence-electron chi connectivity index (χ1n) is 7.11. The zero-order chi connectivity index (χ0) is 14.0. The van der Waals surface area contributed by atoms with E-state index >= 15 is 0 Å². The van der Waals surface area contributed by atoms with Crippen LogP contribution in [0.2, 0.25) is 0 Å². The van der Waals surface area contributed by atoms with Gasteiger partial charge in [-0.1, -0.05) is 13.3 Å². The minimum atomic E-state index is 0.359. The van der Waals surface area contributed by atoms with Gasteiger partial charge in [-0.15, -0.1) is 0 Å². The van der Waals surface area contributed by atoms with E-state index in [1.165, 1.54) is 5.56 Å². The number of nitrogens with zero attached hydrogens (tertiary/aromatic N) is 3. The molecule has 0 saturated carbocycles. The van der Waals surface area contributed by atoms with E-state index in [0.717, 1.165) is 44.0 Å².